The van der Waals surface area contributed by atoms with Crippen molar-refractivity contribution in [2.45, 2.75) is 20.8 Å². The zero-order chi connectivity index (χ0) is 14.7. The van der Waals surface area contributed by atoms with Gasteiger partial charge in [0.2, 0.25) is 0 Å². The maximum Gasteiger partial charge on any atom is 0.193 e. The van der Waals surface area contributed by atoms with Crippen LogP contribution in [0.3, 0.4) is 0 Å². The third-order valence-corrected chi connectivity index (χ3v) is 3.29. The van der Waals surface area contributed by atoms with Gasteiger partial charge in [0.25, 0.3) is 0 Å². The lowest BCUT2D eigenvalue weighted by Crippen LogP contribution is -2.06. The molecule has 2 N–H and O–H groups in total. The average Bonchev–Trinajstić information content (AvgIpc) is 2.43. The Balaban J connectivity index is 2.33. The number of carbonyl (C=O) groups excluding carboxylic acids is 1. The summed E-state index contributed by atoms with van der Waals surface area (Å²) in [4.78, 5) is 12.5. The third kappa shape index (κ3) is 2.82. The van der Waals surface area contributed by atoms with Crippen LogP contribution in [0.15, 0.2) is 36.4 Å². The van der Waals surface area contributed by atoms with E-state index in [-0.39, 0.29) is 5.78 Å². The van der Waals surface area contributed by atoms with Crippen molar-refractivity contribution < 1.29 is 9.53 Å². The standard InChI is InChI=1S/C17H19NO2/c1-4-20-14-7-5-13(6-8-14)17(19)15-10-16(18)12(3)9-11(15)2/h5-10H,4,18H2,1-3H3. The van der Waals surface area contributed by atoms with Crippen LogP contribution in [0, 0.1) is 13.8 Å². The van der Waals surface area contributed by atoms with Crippen molar-refractivity contribution in [2.24, 2.45) is 0 Å². The van der Waals surface area contributed by atoms with Gasteiger partial charge in [-0.2, -0.15) is 0 Å². The second kappa shape index (κ2) is 5.78. The maximum atomic E-state index is 12.5. The first-order valence-corrected chi connectivity index (χ1v) is 6.67. The molecule has 3 nitrogen and oxygen atoms in total. The molecule has 0 spiro atoms. The van der Waals surface area contributed by atoms with E-state index in [1.54, 1.807) is 18.2 Å². The average molecular weight is 269 g/mol. The van der Waals surface area contributed by atoms with Gasteiger partial charge in [-0.15, -0.1) is 0 Å². The number of hydrogen-bond donors (Lipinski definition) is 1. The molecule has 0 aromatic heterocycles. The lowest BCUT2D eigenvalue weighted by atomic mass is 9.96. The lowest BCUT2D eigenvalue weighted by molar-refractivity contribution is 0.103. The second-order valence-electron chi connectivity index (χ2n) is 4.81. The number of anilines is 1. The van der Waals surface area contributed by atoms with Gasteiger partial charge in [-0.1, -0.05) is 6.07 Å². The van der Waals surface area contributed by atoms with Crippen molar-refractivity contribution >= 4 is 11.5 Å². The Morgan fingerprint density at radius 3 is 2.35 bits per heavy atom. The Labute approximate surface area is 119 Å². The molecule has 2 aromatic rings. The van der Waals surface area contributed by atoms with Gasteiger partial charge >= 0.3 is 0 Å². The topological polar surface area (TPSA) is 52.3 Å². The Morgan fingerprint density at radius 2 is 1.75 bits per heavy atom. The van der Waals surface area contributed by atoms with Crippen molar-refractivity contribution in [2.75, 3.05) is 12.3 Å². The van der Waals surface area contributed by atoms with E-state index >= 15 is 0 Å². The summed E-state index contributed by atoms with van der Waals surface area (Å²) >= 11 is 0. The van der Waals surface area contributed by atoms with Gasteiger partial charge in [0.1, 0.15) is 5.75 Å². The van der Waals surface area contributed by atoms with E-state index in [0.717, 1.165) is 16.9 Å². The van der Waals surface area contributed by atoms with Crippen molar-refractivity contribution in [1.29, 1.82) is 0 Å². The molecule has 2 aromatic carbocycles. The molecular weight excluding hydrogens is 250 g/mol. The molecule has 0 amide bonds. The Hall–Kier alpha value is -2.29. The van der Waals surface area contributed by atoms with Crippen LogP contribution in [-0.4, -0.2) is 12.4 Å². The van der Waals surface area contributed by atoms with E-state index < -0.39 is 0 Å². The van der Waals surface area contributed by atoms with Crippen LogP contribution in [0.4, 0.5) is 5.69 Å². The molecule has 20 heavy (non-hydrogen) atoms. The number of nitrogens with two attached hydrogens (primary N) is 1. The number of carbonyl (C=O) groups is 1. The highest BCUT2D eigenvalue weighted by Crippen LogP contribution is 2.22. The Kier molecular flexibility index (Phi) is 4.08. The van der Waals surface area contributed by atoms with Gasteiger partial charge in [-0.25, -0.2) is 0 Å². The zero-order valence-electron chi connectivity index (χ0n) is 12.1. The summed E-state index contributed by atoms with van der Waals surface area (Å²) in [6, 6.07) is 10.9. The van der Waals surface area contributed by atoms with E-state index in [0.29, 0.717) is 23.4 Å². The molecule has 0 unspecified atom stereocenters. The zero-order valence-corrected chi connectivity index (χ0v) is 12.1. The molecule has 0 saturated heterocycles. The lowest BCUT2D eigenvalue weighted by Gasteiger charge is -2.09. The van der Waals surface area contributed by atoms with Gasteiger partial charge in [-0.3, -0.25) is 4.79 Å². The summed E-state index contributed by atoms with van der Waals surface area (Å²) in [5.74, 6) is 0.751. The van der Waals surface area contributed by atoms with Crippen molar-refractivity contribution in [1.82, 2.24) is 0 Å². The SMILES string of the molecule is CCOc1ccc(C(=O)c2cc(N)c(C)cc2C)cc1. The van der Waals surface area contributed by atoms with Gasteiger partial charge in [0.05, 0.1) is 6.61 Å². The van der Waals surface area contributed by atoms with E-state index in [1.807, 2.05) is 39.0 Å². The predicted molar refractivity (Wildman–Crippen MR) is 81.4 cm³/mol. The highest BCUT2D eigenvalue weighted by atomic mass is 16.5. The van der Waals surface area contributed by atoms with E-state index in [4.69, 9.17) is 10.5 Å². The van der Waals surface area contributed by atoms with Crippen molar-refractivity contribution in [3.05, 3.63) is 58.7 Å². The van der Waals surface area contributed by atoms with E-state index in [9.17, 15) is 4.79 Å². The maximum absolute atomic E-state index is 12.5. The number of ether oxygens (including phenoxy) is 1. The molecule has 0 heterocycles. The molecule has 0 atom stereocenters. The van der Waals surface area contributed by atoms with E-state index in [2.05, 4.69) is 0 Å². The molecule has 0 saturated carbocycles. The smallest absolute Gasteiger partial charge is 0.193 e. The van der Waals surface area contributed by atoms with Crippen LogP contribution in [0.1, 0.15) is 34.0 Å². The minimum absolute atomic E-state index is 0.0164. The molecule has 0 aliphatic carbocycles. The van der Waals surface area contributed by atoms with Crippen LogP contribution in [0.25, 0.3) is 0 Å². The van der Waals surface area contributed by atoms with Crippen LogP contribution in [0.5, 0.6) is 5.75 Å². The molecule has 2 rings (SSSR count). The molecule has 104 valence electrons. The molecule has 3 heteroatoms. The summed E-state index contributed by atoms with van der Waals surface area (Å²) in [5, 5.41) is 0. The number of hydrogen-bond acceptors (Lipinski definition) is 3. The number of ketones is 1. The van der Waals surface area contributed by atoms with Crippen molar-refractivity contribution in [3.63, 3.8) is 0 Å². The first kappa shape index (κ1) is 14.1. The molecule has 0 radical (unpaired) electrons. The van der Waals surface area contributed by atoms with Gasteiger partial charge in [-0.05, 0) is 62.2 Å². The minimum Gasteiger partial charge on any atom is -0.494 e. The Morgan fingerprint density at radius 1 is 1.10 bits per heavy atom. The summed E-state index contributed by atoms with van der Waals surface area (Å²) in [5.41, 5.74) is 9.76. The fourth-order valence-corrected chi connectivity index (χ4v) is 2.14. The Bertz CT molecular complexity index is 630. The largest absolute Gasteiger partial charge is 0.494 e. The summed E-state index contributed by atoms with van der Waals surface area (Å²) in [6.07, 6.45) is 0. The first-order chi connectivity index (χ1) is 9.52. The quantitative estimate of drug-likeness (QED) is 0.682. The molecule has 0 bridgehead atoms. The number of rotatable bonds is 4. The van der Waals surface area contributed by atoms with Crippen LogP contribution in [0.2, 0.25) is 0 Å². The minimum atomic E-state index is -0.0164. The summed E-state index contributed by atoms with van der Waals surface area (Å²) in [6.45, 7) is 6.40. The molecule has 0 aliphatic heterocycles. The van der Waals surface area contributed by atoms with Crippen LogP contribution >= 0.6 is 0 Å². The fraction of sp³-hybridized carbons (Fsp3) is 0.235. The molecule has 0 fully saturated rings. The van der Waals surface area contributed by atoms with Gasteiger partial charge in [0, 0.05) is 16.8 Å². The van der Waals surface area contributed by atoms with E-state index in [1.165, 1.54) is 0 Å². The highest BCUT2D eigenvalue weighted by Gasteiger charge is 2.13. The van der Waals surface area contributed by atoms with Gasteiger partial charge in [0.15, 0.2) is 5.78 Å². The van der Waals surface area contributed by atoms with Crippen LogP contribution in [-0.2, 0) is 0 Å². The normalized spacial score (nSPS) is 10.3. The molecule has 0 aliphatic rings. The number of aryl methyl sites for hydroxylation is 2. The summed E-state index contributed by atoms with van der Waals surface area (Å²) in [7, 11) is 0. The highest BCUT2D eigenvalue weighted by molar-refractivity contribution is 6.10. The predicted octanol–water partition coefficient (Wildman–Crippen LogP) is 3.52. The summed E-state index contributed by atoms with van der Waals surface area (Å²) < 4.78 is 5.37. The monoisotopic (exact) mass is 269 g/mol. The first-order valence-electron chi connectivity index (χ1n) is 6.67. The van der Waals surface area contributed by atoms with Crippen molar-refractivity contribution in [3.8, 4) is 5.75 Å². The fourth-order valence-electron chi connectivity index (χ4n) is 2.14. The third-order valence-electron chi connectivity index (χ3n) is 3.29. The second-order valence-corrected chi connectivity index (χ2v) is 4.81. The number of nitrogen functional groups attached to an aromatic ring is 1. The number of benzene rings is 2. The van der Waals surface area contributed by atoms with Crippen LogP contribution < -0.4 is 10.5 Å². The van der Waals surface area contributed by atoms with Gasteiger partial charge < -0.3 is 10.5 Å². The molecular formula is C17H19NO2.